The molecule has 2 aromatic carbocycles. The van der Waals surface area contributed by atoms with E-state index < -0.39 is 0 Å². The topological polar surface area (TPSA) is 26.0 Å². The quantitative estimate of drug-likeness (QED) is 0.695. The smallest absolute Gasteiger partial charge is 0.0543 e. The Morgan fingerprint density at radius 2 is 1.67 bits per heavy atom. The van der Waals surface area contributed by atoms with Crippen LogP contribution in [0.25, 0.3) is 0 Å². The van der Waals surface area contributed by atoms with Gasteiger partial charge in [0.2, 0.25) is 0 Å². The Labute approximate surface area is 140 Å². The fourth-order valence-electron chi connectivity index (χ4n) is 2.20. The van der Waals surface area contributed by atoms with Gasteiger partial charge in [-0.15, -0.1) is 11.8 Å². The third-order valence-corrected chi connectivity index (χ3v) is 5.73. The maximum absolute atomic E-state index is 6.48. The van der Waals surface area contributed by atoms with E-state index in [1.165, 1.54) is 0 Å². The van der Waals surface area contributed by atoms with Crippen molar-refractivity contribution in [2.75, 3.05) is 0 Å². The minimum atomic E-state index is -0.0498. The highest BCUT2D eigenvalue weighted by molar-refractivity contribution is 8.00. The molecular formula is C17H19Cl2NS. The van der Waals surface area contributed by atoms with Gasteiger partial charge in [0.15, 0.2) is 0 Å². The molecule has 0 saturated carbocycles. The molecule has 0 bridgehead atoms. The van der Waals surface area contributed by atoms with Crippen LogP contribution in [-0.4, -0.2) is 5.25 Å². The van der Waals surface area contributed by atoms with Crippen molar-refractivity contribution in [3.63, 3.8) is 0 Å². The van der Waals surface area contributed by atoms with Gasteiger partial charge in [-0.05, 0) is 29.7 Å². The first-order valence-electron chi connectivity index (χ1n) is 6.91. The molecule has 0 saturated heterocycles. The van der Waals surface area contributed by atoms with Gasteiger partial charge in [-0.25, -0.2) is 0 Å². The van der Waals surface area contributed by atoms with Crippen LogP contribution in [0.3, 0.4) is 0 Å². The molecule has 2 atom stereocenters. The summed E-state index contributed by atoms with van der Waals surface area (Å²) >= 11 is 14.0. The van der Waals surface area contributed by atoms with Gasteiger partial charge in [0.05, 0.1) is 5.02 Å². The van der Waals surface area contributed by atoms with E-state index in [1.807, 2.05) is 30.3 Å². The Hall–Kier alpha value is -0.670. The van der Waals surface area contributed by atoms with E-state index in [0.29, 0.717) is 10.9 Å². The maximum Gasteiger partial charge on any atom is 0.0543 e. The van der Waals surface area contributed by atoms with E-state index in [1.54, 1.807) is 17.8 Å². The Morgan fingerprint density at radius 1 is 1.00 bits per heavy atom. The molecule has 0 amide bonds. The molecule has 21 heavy (non-hydrogen) atoms. The largest absolute Gasteiger partial charge is 0.323 e. The van der Waals surface area contributed by atoms with Crippen molar-refractivity contribution < 1.29 is 0 Å². The molecule has 4 heteroatoms. The molecule has 2 N–H and O–H groups in total. The van der Waals surface area contributed by atoms with Gasteiger partial charge >= 0.3 is 0 Å². The Bertz CT molecular complexity index is 587. The van der Waals surface area contributed by atoms with Crippen LogP contribution < -0.4 is 5.73 Å². The first-order chi connectivity index (χ1) is 9.99. The molecule has 0 aliphatic carbocycles. The molecule has 1 nitrogen and oxygen atoms in total. The number of hydrogen-bond acceptors (Lipinski definition) is 2. The molecule has 0 aliphatic rings. The summed E-state index contributed by atoms with van der Waals surface area (Å²) in [5, 5.41) is 1.64. The number of hydrogen-bond donors (Lipinski definition) is 1. The fourth-order valence-corrected chi connectivity index (χ4v) is 3.94. The van der Waals surface area contributed by atoms with E-state index in [-0.39, 0.29) is 11.3 Å². The van der Waals surface area contributed by atoms with E-state index in [2.05, 4.69) is 26.0 Å². The van der Waals surface area contributed by atoms with E-state index >= 15 is 0 Å². The molecule has 0 radical (unpaired) electrons. The average Bonchev–Trinajstić information content (AvgIpc) is 2.48. The predicted octanol–water partition coefficient (Wildman–Crippen LogP) is 5.81. The average molecular weight is 340 g/mol. The molecule has 0 aliphatic heterocycles. The van der Waals surface area contributed by atoms with Crippen LogP contribution in [0.2, 0.25) is 10.0 Å². The van der Waals surface area contributed by atoms with Gasteiger partial charge < -0.3 is 5.73 Å². The lowest BCUT2D eigenvalue weighted by Crippen LogP contribution is -2.28. The van der Waals surface area contributed by atoms with Crippen LogP contribution in [0.4, 0.5) is 0 Å². The van der Waals surface area contributed by atoms with Crippen molar-refractivity contribution in [2.45, 2.75) is 30.0 Å². The summed E-state index contributed by atoms with van der Waals surface area (Å²) in [6.45, 7) is 4.36. The minimum absolute atomic E-state index is 0.0498. The van der Waals surface area contributed by atoms with Gasteiger partial charge in [0.25, 0.3) is 0 Å². The number of benzene rings is 2. The highest BCUT2D eigenvalue weighted by Gasteiger charge is 2.24. The van der Waals surface area contributed by atoms with Crippen LogP contribution in [0, 0.1) is 5.92 Å². The molecule has 112 valence electrons. The summed E-state index contributed by atoms with van der Waals surface area (Å²) in [5.41, 5.74) is 7.62. The van der Waals surface area contributed by atoms with Crippen molar-refractivity contribution in [3.8, 4) is 0 Å². The summed E-state index contributed by atoms with van der Waals surface area (Å²) in [5.74, 6) is 0.417. The zero-order valence-corrected chi connectivity index (χ0v) is 14.4. The molecule has 0 heterocycles. The zero-order chi connectivity index (χ0) is 15.4. The Kier molecular flexibility index (Phi) is 6.00. The summed E-state index contributed by atoms with van der Waals surface area (Å²) in [6.07, 6.45) is 0. The summed E-state index contributed by atoms with van der Waals surface area (Å²) in [6, 6.07) is 15.7. The molecule has 2 aromatic rings. The normalized spacial score (nSPS) is 14.2. The van der Waals surface area contributed by atoms with Crippen LogP contribution >= 0.6 is 35.0 Å². The third-order valence-electron chi connectivity index (χ3n) is 3.35. The van der Waals surface area contributed by atoms with Gasteiger partial charge in [0.1, 0.15) is 0 Å². The summed E-state index contributed by atoms with van der Waals surface area (Å²) in [4.78, 5) is 0.981. The standard InChI is InChI=1S/C17H19Cl2NS/c1-11(2)17(16(20)12-6-4-3-5-7-12)21-15-10-13(18)8-9-14(15)19/h3-11,16-17H,20H2,1-2H3. The predicted molar refractivity (Wildman–Crippen MR) is 94.3 cm³/mol. The highest BCUT2D eigenvalue weighted by Crippen LogP contribution is 2.39. The number of rotatable bonds is 5. The summed E-state index contributed by atoms with van der Waals surface area (Å²) < 4.78 is 0. The van der Waals surface area contributed by atoms with Crippen molar-refractivity contribution in [3.05, 3.63) is 64.1 Å². The van der Waals surface area contributed by atoms with Crippen LogP contribution in [0.1, 0.15) is 25.5 Å². The van der Waals surface area contributed by atoms with Crippen LogP contribution in [0.15, 0.2) is 53.4 Å². The zero-order valence-electron chi connectivity index (χ0n) is 12.1. The van der Waals surface area contributed by atoms with Gasteiger partial charge in [-0.3, -0.25) is 0 Å². The molecule has 2 unspecified atom stereocenters. The first kappa shape index (κ1) is 16.7. The van der Waals surface area contributed by atoms with Gasteiger partial charge in [-0.2, -0.15) is 0 Å². The first-order valence-corrected chi connectivity index (χ1v) is 8.55. The second-order valence-corrected chi connectivity index (χ2v) is 7.40. The SMILES string of the molecule is CC(C)C(Sc1cc(Cl)ccc1Cl)C(N)c1ccccc1. The van der Waals surface area contributed by atoms with E-state index in [4.69, 9.17) is 28.9 Å². The molecular weight excluding hydrogens is 321 g/mol. The van der Waals surface area contributed by atoms with Crippen molar-refractivity contribution in [1.29, 1.82) is 0 Å². The van der Waals surface area contributed by atoms with Gasteiger partial charge in [0, 0.05) is 21.2 Å². The van der Waals surface area contributed by atoms with Crippen molar-refractivity contribution in [2.24, 2.45) is 11.7 Å². The minimum Gasteiger partial charge on any atom is -0.323 e. The lowest BCUT2D eigenvalue weighted by atomic mass is 9.97. The fraction of sp³-hybridized carbons (Fsp3) is 0.294. The second kappa shape index (κ2) is 7.55. The lowest BCUT2D eigenvalue weighted by Gasteiger charge is -2.27. The number of thioether (sulfide) groups is 1. The lowest BCUT2D eigenvalue weighted by molar-refractivity contribution is 0.528. The van der Waals surface area contributed by atoms with Crippen LogP contribution in [-0.2, 0) is 0 Å². The molecule has 0 aromatic heterocycles. The van der Waals surface area contributed by atoms with E-state index in [0.717, 1.165) is 15.5 Å². The second-order valence-electron chi connectivity index (χ2n) is 5.34. The Morgan fingerprint density at radius 3 is 2.29 bits per heavy atom. The van der Waals surface area contributed by atoms with Crippen molar-refractivity contribution >= 4 is 35.0 Å². The highest BCUT2D eigenvalue weighted by atomic mass is 35.5. The Balaban J connectivity index is 2.25. The number of halogens is 2. The van der Waals surface area contributed by atoms with Crippen LogP contribution in [0.5, 0.6) is 0 Å². The third kappa shape index (κ3) is 4.40. The molecule has 0 spiro atoms. The molecule has 0 fully saturated rings. The number of nitrogens with two attached hydrogens (primary N) is 1. The van der Waals surface area contributed by atoms with E-state index in [9.17, 15) is 0 Å². The maximum atomic E-state index is 6.48. The summed E-state index contributed by atoms with van der Waals surface area (Å²) in [7, 11) is 0. The van der Waals surface area contributed by atoms with Gasteiger partial charge in [-0.1, -0.05) is 67.4 Å². The molecule has 2 rings (SSSR count). The monoisotopic (exact) mass is 339 g/mol. The van der Waals surface area contributed by atoms with Crippen molar-refractivity contribution in [1.82, 2.24) is 0 Å².